The molecule has 0 fully saturated rings. The second-order valence-corrected chi connectivity index (χ2v) is 7.53. The van der Waals surface area contributed by atoms with E-state index < -0.39 is 0 Å². The summed E-state index contributed by atoms with van der Waals surface area (Å²) < 4.78 is 2.22. The molecule has 0 aliphatic heterocycles. The summed E-state index contributed by atoms with van der Waals surface area (Å²) in [4.78, 5) is 6.99. The van der Waals surface area contributed by atoms with E-state index >= 15 is 0 Å². The van der Waals surface area contributed by atoms with Crippen LogP contribution >= 0.6 is 0 Å². The molecule has 5 rings (SSSR count). The van der Waals surface area contributed by atoms with E-state index in [0.717, 1.165) is 44.8 Å². The van der Waals surface area contributed by atoms with Crippen LogP contribution in [0.15, 0.2) is 107 Å². The van der Waals surface area contributed by atoms with E-state index in [0.29, 0.717) is 0 Å². The number of azo groups is 1. The molecule has 0 aliphatic carbocycles. The lowest BCUT2D eigenvalue weighted by Gasteiger charge is -2.11. The van der Waals surface area contributed by atoms with Crippen molar-refractivity contribution in [3.63, 3.8) is 0 Å². The SMILES string of the molecule is CN(C)c1ccc(N=Nc2cccc3c2nc2ccccc2[n+]3-c2ccccc2)cc1. The van der Waals surface area contributed by atoms with Crippen LogP contribution < -0.4 is 9.47 Å². The molecule has 0 aliphatic rings. The Bertz CT molecular complexity index is 1390. The van der Waals surface area contributed by atoms with E-state index in [1.807, 2.05) is 86.9 Å². The molecule has 0 spiro atoms. The van der Waals surface area contributed by atoms with Crippen molar-refractivity contribution < 1.29 is 4.57 Å². The van der Waals surface area contributed by atoms with Crippen LogP contribution in [0.2, 0.25) is 0 Å². The summed E-state index contributed by atoms with van der Waals surface area (Å²) in [5, 5.41) is 9.02. The highest BCUT2D eigenvalue weighted by Crippen LogP contribution is 2.28. The van der Waals surface area contributed by atoms with Crippen molar-refractivity contribution >= 4 is 39.1 Å². The molecule has 1 aromatic heterocycles. The fourth-order valence-electron chi connectivity index (χ4n) is 3.68. The van der Waals surface area contributed by atoms with Crippen molar-refractivity contribution in [2.24, 2.45) is 10.2 Å². The van der Waals surface area contributed by atoms with Gasteiger partial charge in [0.05, 0.1) is 5.69 Å². The number of para-hydroxylation sites is 4. The normalized spacial score (nSPS) is 11.4. The second-order valence-electron chi connectivity index (χ2n) is 7.53. The Morgan fingerprint density at radius 1 is 0.677 bits per heavy atom. The van der Waals surface area contributed by atoms with Gasteiger partial charge < -0.3 is 4.90 Å². The third-order valence-electron chi connectivity index (χ3n) is 5.24. The molecule has 0 saturated heterocycles. The molecule has 5 heteroatoms. The zero-order valence-electron chi connectivity index (χ0n) is 17.5. The number of anilines is 1. The smallest absolute Gasteiger partial charge is 0.239 e. The largest absolute Gasteiger partial charge is 0.378 e. The molecule has 0 saturated carbocycles. The van der Waals surface area contributed by atoms with Gasteiger partial charge in [-0.1, -0.05) is 36.4 Å². The highest BCUT2D eigenvalue weighted by Gasteiger charge is 2.20. The maximum absolute atomic E-state index is 4.93. The highest BCUT2D eigenvalue weighted by molar-refractivity contribution is 5.89. The molecule has 0 amide bonds. The minimum Gasteiger partial charge on any atom is -0.378 e. The average molecular weight is 404 g/mol. The fraction of sp³-hybridized carbons (Fsp3) is 0.0769. The predicted molar refractivity (Wildman–Crippen MR) is 126 cm³/mol. The van der Waals surface area contributed by atoms with Crippen LogP contribution in [0.25, 0.3) is 27.8 Å². The van der Waals surface area contributed by atoms with Crippen LogP contribution in [0, 0.1) is 0 Å². The molecule has 1 heterocycles. The fourth-order valence-corrected chi connectivity index (χ4v) is 3.68. The monoisotopic (exact) mass is 404 g/mol. The van der Waals surface area contributed by atoms with E-state index in [1.54, 1.807) is 0 Å². The summed E-state index contributed by atoms with van der Waals surface area (Å²) >= 11 is 0. The third-order valence-corrected chi connectivity index (χ3v) is 5.24. The third kappa shape index (κ3) is 3.62. The topological polar surface area (TPSA) is 44.7 Å². The number of fused-ring (bicyclic) bond motifs is 2. The van der Waals surface area contributed by atoms with Crippen LogP contribution in [0.4, 0.5) is 17.1 Å². The number of hydrogen-bond acceptors (Lipinski definition) is 4. The molecule has 5 nitrogen and oxygen atoms in total. The molecule has 150 valence electrons. The summed E-state index contributed by atoms with van der Waals surface area (Å²) in [6.45, 7) is 0. The van der Waals surface area contributed by atoms with Crippen molar-refractivity contribution in [3.8, 4) is 5.69 Å². The van der Waals surface area contributed by atoms with Gasteiger partial charge in [0, 0.05) is 44.0 Å². The molecule has 5 aromatic rings. The Labute approximate surface area is 180 Å². The van der Waals surface area contributed by atoms with Crippen LogP contribution in [0.5, 0.6) is 0 Å². The number of aromatic nitrogens is 2. The van der Waals surface area contributed by atoms with Gasteiger partial charge in [-0.3, -0.25) is 0 Å². The van der Waals surface area contributed by atoms with Gasteiger partial charge in [0.1, 0.15) is 11.2 Å². The Morgan fingerprint density at radius 3 is 2.16 bits per heavy atom. The van der Waals surface area contributed by atoms with Crippen LogP contribution in [0.1, 0.15) is 0 Å². The highest BCUT2D eigenvalue weighted by atomic mass is 15.1. The van der Waals surface area contributed by atoms with Gasteiger partial charge in [-0.2, -0.15) is 5.11 Å². The first-order chi connectivity index (χ1) is 15.2. The molecule has 0 N–H and O–H groups in total. The lowest BCUT2D eigenvalue weighted by atomic mass is 10.2. The molecule has 0 bridgehead atoms. The van der Waals surface area contributed by atoms with Crippen molar-refractivity contribution in [3.05, 3.63) is 97.1 Å². The van der Waals surface area contributed by atoms with Gasteiger partial charge in [0.25, 0.3) is 0 Å². The number of benzene rings is 4. The van der Waals surface area contributed by atoms with Crippen molar-refractivity contribution in [2.45, 2.75) is 0 Å². The number of nitrogens with zero attached hydrogens (tertiary/aromatic N) is 5. The summed E-state index contributed by atoms with van der Waals surface area (Å²) in [5.41, 5.74) is 7.53. The van der Waals surface area contributed by atoms with E-state index in [9.17, 15) is 0 Å². The Morgan fingerprint density at radius 2 is 1.39 bits per heavy atom. The van der Waals surface area contributed by atoms with Gasteiger partial charge in [-0.25, -0.2) is 4.98 Å². The summed E-state index contributed by atoms with van der Waals surface area (Å²) in [7, 11) is 4.04. The quantitative estimate of drug-likeness (QED) is 0.205. The van der Waals surface area contributed by atoms with Crippen molar-refractivity contribution in [1.29, 1.82) is 0 Å². The zero-order valence-corrected chi connectivity index (χ0v) is 17.5. The van der Waals surface area contributed by atoms with Crippen LogP contribution in [-0.4, -0.2) is 19.1 Å². The molecular formula is C26H22N5+. The lowest BCUT2D eigenvalue weighted by molar-refractivity contribution is -0.538. The van der Waals surface area contributed by atoms with Crippen LogP contribution in [-0.2, 0) is 0 Å². The van der Waals surface area contributed by atoms with Gasteiger partial charge in [0.2, 0.25) is 16.7 Å². The van der Waals surface area contributed by atoms with E-state index in [-0.39, 0.29) is 0 Å². The maximum Gasteiger partial charge on any atom is 0.239 e. The number of rotatable bonds is 4. The van der Waals surface area contributed by atoms with E-state index in [4.69, 9.17) is 4.98 Å². The minimum atomic E-state index is 0.740. The second kappa shape index (κ2) is 7.95. The lowest BCUT2D eigenvalue weighted by Crippen LogP contribution is -2.33. The maximum atomic E-state index is 4.93. The first-order valence-corrected chi connectivity index (χ1v) is 10.2. The summed E-state index contributed by atoms with van der Waals surface area (Å²) in [6, 6.07) is 32.5. The van der Waals surface area contributed by atoms with Crippen molar-refractivity contribution in [1.82, 2.24) is 4.98 Å². The van der Waals surface area contributed by atoms with Crippen LogP contribution in [0.3, 0.4) is 0 Å². The minimum absolute atomic E-state index is 0.740. The first-order valence-electron chi connectivity index (χ1n) is 10.2. The Balaban J connectivity index is 1.68. The average Bonchev–Trinajstić information content (AvgIpc) is 2.82. The van der Waals surface area contributed by atoms with Crippen molar-refractivity contribution in [2.75, 3.05) is 19.0 Å². The van der Waals surface area contributed by atoms with E-state index in [2.05, 4.69) is 44.0 Å². The predicted octanol–water partition coefficient (Wildman–Crippen LogP) is 6.15. The van der Waals surface area contributed by atoms with Gasteiger partial charge in [-0.15, -0.1) is 9.68 Å². The van der Waals surface area contributed by atoms with Gasteiger partial charge >= 0.3 is 0 Å². The Hall–Kier alpha value is -4.12. The standard InChI is InChI=1S/C26H22N5/c1-30(2)20-17-15-19(16-18-20)28-29-23-12-8-14-25-26(23)27-22-11-6-7-13-24(22)31(25)21-9-4-3-5-10-21/h3-18H,1-2H3/q+1. The molecule has 0 atom stereocenters. The van der Waals surface area contributed by atoms with E-state index in [1.165, 1.54) is 0 Å². The first kappa shape index (κ1) is 18.9. The molecule has 0 radical (unpaired) electrons. The Kier molecular flexibility index (Phi) is 4.84. The number of hydrogen-bond donors (Lipinski definition) is 0. The summed E-state index contributed by atoms with van der Waals surface area (Å²) in [6.07, 6.45) is 0. The van der Waals surface area contributed by atoms with Gasteiger partial charge in [0.15, 0.2) is 5.52 Å². The molecule has 0 unspecified atom stereocenters. The summed E-state index contributed by atoms with van der Waals surface area (Å²) in [5.74, 6) is 0. The molecule has 31 heavy (non-hydrogen) atoms. The molecular weight excluding hydrogens is 382 g/mol. The zero-order chi connectivity index (χ0) is 21.2. The molecule has 4 aromatic carbocycles. The van der Waals surface area contributed by atoms with Gasteiger partial charge in [-0.05, 0) is 36.4 Å².